The fourth-order valence-electron chi connectivity index (χ4n) is 2.81. The minimum absolute atomic E-state index is 0.0391. The molecule has 23 heavy (non-hydrogen) atoms. The predicted octanol–water partition coefficient (Wildman–Crippen LogP) is 5.08. The Morgan fingerprint density at radius 1 is 0.783 bits per heavy atom. The fourth-order valence-corrected chi connectivity index (χ4v) is 2.81. The highest BCUT2D eigenvalue weighted by atomic mass is 14.9. The van der Waals surface area contributed by atoms with Gasteiger partial charge in [0.15, 0.2) is 6.20 Å². The van der Waals surface area contributed by atoms with Gasteiger partial charge >= 0.3 is 0 Å². The first-order valence-electron chi connectivity index (χ1n) is 11.9. The van der Waals surface area contributed by atoms with Crippen molar-refractivity contribution in [2.24, 2.45) is 7.05 Å². The summed E-state index contributed by atoms with van der Waals surface area (Å²) in [6, 6.07) is 12.9. The quantitative estimate of drug-likeness (QED) is 0.581. The van der Waals surface area contributed by atoms with E-state index in [-0.39, 0.29) is 16.7 Å². The maximum absolute atomic E-state index is 8.02. The first-order chi connectivity index (χ1) is 14.6. The van der Waals surface area contributed by atoms with Crippen molar-refractivity contribution in [1.29, 1.82) is 0 Å². The lowest BCUT2D eigenvalue weighted by Gasteiger charge is -2.12. The third-order valence-electron chi connectivity index (χ3n) is 3.99. The summed E-state index contributed by atoms with van der Waals surface area (Å²) >= 11 is 0. The second kappa shape index (κ2) is 6.00. The molecule has 1 aromatic heterocycles. The number of benzene rings is 2. The molecule has 0 aliphatic rings. The molecule has 0 N–H and O–H groups in total. The van der Waals surface area contributed by atoms with Crippen molar-refractivity contribution in [1.82, 2.24) is 0 Å². The number of aryl methyl sites for hydroxylation is 5. The number of pyridine rings is 1. The number of rotatable bonds is 2. The van der Waals surface area contributed by atoms with E-state index in [4.69, 9.17) is 12.3 Å². The largest absolute Gasteiger partial charge is 0.213 e. The van der Waals surface area contributed by atoms with E-state index in [0.717, 1.165) is 5.56 Å². The molecule has 0 bridgehead atoms. The highest BCUT2D eigenvalue weighted by Crippen LogP contribution is 2.30. The van der Waals surface area contributed by atoms with Gasteiger partial charge in [0.2, 0.25) is 5.69 Å². The third kappa shape index (κ3) is 2.92. The lowest BCUT2D eigenvalue weighted by Crippen LogP contribution is -2.31. The number of hydrogen-bond donors (Lipinski definition) is 0. The zero-order valence-corrected chi connectivity index (χ0v) is 13.1. The summed E-state index contributed by atoms with van der Waals surface area (Å²) in [6.07, 6.45) is 1.49. The van der Waals surface area contributed by atoms with Crippen LogP contribution in [0.2, 0.25) is 0 Å². The molecule has 0 unspecified atom stereocenters. The summed E-state index contributed by atoms with van der Waals surface area (Å²) < 4.78 is 72.3. The summed E-state index contributed by atoms with van der Waals surface area (Å²) in [5, 5.41) is 0. The monoisotopic (exact) mass is 311 g/mol. The van der Waals surface area contributed by atoms with E-state index in [9.17, 15) is 0 Å². The first kappa shape index (κ1) is 7.92. The molecule has 0 saturated heterocycles. The lowest BCUT2D eigenvalue weighted by molar-refractivity contribution is -0.660. The van der Waals surface area contributed by atoms with Gasteiger partial charge in [0.25, 0.3) is 0 Å². The number of nitrogens with zero attached hydrogens (tertiary/aromatic N) is 1. The van der Waals surface area contributed by atoms with Crippen LogP contribution in [0.15, 0.2) is 54.7 Å². The van der Waals surface area contributed by atoms with Gasteiger partial charge < -0.3 is 0 Å². The molecule has 1 nitrogen and oxygen atoms in total. The second-order valence-electron chi connectivity index (χ2n) is 5.67. The first-order valence-corrected chi connectivity index (χ1v) is 7.36. The topological polar surface area (TPSA) is 3.88 Å². The normalized spacial score (nSPS) is 18.3. The molecule has 0 fully saturated rings. The van der Waals surface area contributed by atoms with Crippen LogP contribution in [-0.2, 0) is 7.05 Å². The minimum atomic E-state index is -2.46. The summed E-state index contributed by atoms with van der Waals surface area (Å²) in [5.74, 6) is 0. The van der Waals surface area contributed by atoms with Crippen molar-refractivity contribution in [3.05, 3.63) is 77.0 Å². The van der Waals surface area contributed by atoms with E-state index in [0.29, 0.717) is 22.4 Å². The molecule has 0 radical (unpaired) electrons. The van der Waals surface area contributed by atoms with E-state index in [1.807, 2.05) is 0 Å². The van der Waals surface area contributed by atoms with Gasteiger partial charge in [0.1, 0.15) is 7.05 Å². The molecule has 1 heteroatoms. The van der Waals surface area contributed by atoms with Crippen LogP contribution in [0.4, 0.5) is 0 Å². The van der Waals surface area contributed by atoms with Crippen LogP contribution in [0.25, 0.3) is 22.4 Å². The second-order valence-corrected chi connectivity index (χ2v) is 5.67. The molecular weight excluding hydrogens is 278 g/mol. The Labute approximate surface area is 151 Å². The molecule has 3 aromatic rings. The van der Waals surface area contributed by atoms with E-state index in [1.54, 1.807) is 54.9 Å². The van der Waals surface area contributed by atoms with Crippen LogP contribution in [0.5, 0.6) is 0 Å². The molecule has 2 aromatic carbocycles. The van der Waals surface area contributed by atoms with Gasteiger partial charge in [0, 0.05) is 29.5 Å². The Bertz CT molecular complexity index is 1160. The van der Waals surface area contributed by atoms with Crippen LogP contribution >= 0.6 is 0 Å². The Kier molecular flexibility index (Phi) is 2.07. The van der Waals surface area contributed by atoms with Gasteiger partial charge in [-0.25, -0.2) is 4.57 Å². The standard InChI is InChI=1S/C22H24N/c1-15-10-11-20(17(3)12-15)22-13-21(18(4)14-23(22)5)19-9-7-6-8-16(19)2/h6-14H,1-5H3/q+1/i1D3,2D3,4D3. The Morgan fingerprint density at radius 3 is 2.35 bits per heavy atom. The smallest absolute Gasteiger partial charge is 0.201 e. The summed E-state index contributed by atoms with van der Waals surface area (Å²) in [5.41, 5.74) is 3.05. The predicted molar refractivity (Wildman–Crippen MR) is 97.4 cm³/mol. The molecule has 1 heterocycles. The van der Waals surface area contributed by atoms with Crippen molar-refractivity contribution in [3.63, 3.8) is 0 Å². The van der Waals surface area contributed by atoms with Crippen LogP contribution in [-0.4, -0.2) is 0 Å². The van der Waals surface area contributed by atoms with Gasteiger partial charge in [-0.2, -0.15) is 0 Å². The van der Waals surface area contributed by atoms with Gasteiger partial charge in [-0.15, -0.1) is 0 Å². The molecule has 3 rings (SSSR count). The minimum Gasteiger partial charge on any atom is -0.201 e. The molecule has 0 aliphatic heterocycles. The van der Waals surface area contributed by atoms with Crippen molar-refractivity contribution >= 4 is 0 Å². The van der Waals surface area contributed by atoms with Crippen molar-refractivity contribution in [3.8, 4) is 22.4 Å². The Morgan fingerprint density at radius 2 is 1.61 bits per heavy atom. The SMILES string of the molecule is [2H]C([2H])([2H])c1ccc(-c2cc(-c3ccccc3C([2H])([2H])[2H])c(C([2H])([2H])[2H])c[n+]2C)c(C)c1. The third-order valence-corrected chi connectivity index (χ3v) is 3.99. The zero-order valence-electron chi connectivity index (χ0n) is 22.1. The van der Waals surface area contributed by atoms with Crippen LogP contribution in [0, 0.1) is 27.5 Å². The van der Waals surface area contributed by atoms with Gasteiger partial charge in [-0.1, -0.05) is 42.0 Å². The Balaban J connectivity index is 2.33. The highest BCUT2D eigenvalue weighted by Gasteiger charge is 2.17. The maximum atomic E-state index is 8.02. The average molecular weight is 311 g/mol. The zero-order chi connectivity index (χ0) is 24.1. The van der Waals surface area contributed by atoms with Crippen LogP contribution in [0.3, 0.4) is 0 Å². The van der Waals surface area contributed by atoms with Gasteiger partial charge in [-0.05, 0) is 55.8 Å². The van der Waals surface area contributed by atoms with Gasteiger partial charge in [0.05, 0.1) is 0 Å². The van der Waals surface area contributed by atoms with E-state index < -0.39 is 20.6 Å². The summed E-state index contributed by atoms with van der Waals surface area (Å²) in [6.45, 7) is -5.33. The van der Waals surface area contributed by atoms with E-state index >= 15 is 0 Å². The number of aromatic nitrogens is 1. The lowest BCUT2D eigenvalue weighted by atomic mass is 9.94. The molecular formula is C22H24N+. The van der Waals surface area contributed by atoms with Crippen molar-refractivity contribution in [2.75, 3.05) is 0 Å². The molecule has 0 atom stereocenters. The van der Waals surface area contributed by atoms with Gasteiger partial charge in [-0.3, -0.25) is 0 Å². The summed E-state index contributed by atoms with van der Waals surface area (Å²) in [7, 11) is 1.71. The summed E-state index contributed by atoms with van der Waals surface area (Å²) in [4.78, 5) is 0. The molecule has 0 spiro atoms. The molecule has 116 valence electrons. The van der Waals surface area contributed by atoms with Crippen LogP contribution in [0.1, 0.15) is 34.6 Å². The van der Waals surface area contributed by atoms with Crippen molar-refractivity contribution < 1.29 is 16.9 Å². The van der Waals surface area contributed by atoms with Crippen molar-refractivity contribution in [2.45, 2.75) is 27.5 Å². The molecule has 0 aliphatic carbocycles. The van der Waals surface area contributed by atoms with E-state index in [1.165, 1.54) is 18.3 Å². The number of hydrogen-bond acceptors (Lipinski definition) is 0. The fraction of sp³-hybridized carbons (Fsp3) is 0.227. The average Bonchev–Trinajstić information content (AvgIpc) is 2.66. The Hall–Kier alpha value is -2.41. The van der Waals surface area contributed by atoms with Crippen LogP contribution < -0.4 is 4.57 Å². The van der Waals surface area contributed by atoms with E-state index in [2.05, 4.69) is 0 Å². The maximum Gasteiger partial charge on any atom is 0.213 e. The molecule has 0 amide bonds. The molecule has 0 saturated carbocycles. The highest BCUT2D eigenvalue weighted by molar-refractivity contribution is 5.74.